The van der Waals surface area contributed by atoms with E-state index in [1.54, 1.807) is 49.1 Å². The molecule has 0 spiro atoms. The SMILES string of the molecule is CCCCCNC(=O)C1CSC(c2ccccc2)N1C(=O)c1cc(OC)cc(OC)c1. The molecule has 1 fully saturated rings. The Morgan fingerprint density at radius 2 is 1.74 bits per heavy atom. The summed E-state index contributed by atoms with van der Waals surface area (Å²) in [5.74, 6) is 1.29. The van der Waals surface area contributed by atoms with Crippen molar-refractivity contribution in [2.45, 2.75) is 37.6 Å². The number of unbranched alkanes of at least 4 members (excludes halogenated alkanes) is 2. The van der Waals surface area contributed by atoms with Gasteiger partial charge in [0.1, 0.15) is 22.9 Å². The van der Waals surface area contributed by atoms with E-state index in [0.717, 1.165) is 24.8 Å². The molecule has 0 radical (unpaired) electrons. The molecule has 1 aliphatic heterocycles. The molecule has 0 saturated carbocycles. The molecule has 2 atom stereocenters. The summed E-state index contributed by atoms with van der Waals surface area (Å²) in [7, 11) is 3.10. The van der Waals surface area contributed by atoms with Crippen molar-refractivity contribution in [3.63, 3.8) is 0 Å². The zero-order chi connectivity index (χ0) is 22.2. The number of benzene rings is 2. The fraction of sp³-hybridized carbons (Fsp3) is 0.417. The first-order chi connectivity index (χ1) is 15.1. The lowest BCUT2D eigenvalue weighted by Crippen LogP contribution is -2.48. The maximum absolute atomic E-state index is 13.7. The molecule has 2 aromatic rings. The maximum atomic E-state index is 13.7. The second kappa shape index (κ2) is 11.1. The van der Waals surface area contributed by atoms with E-state index in [-0.39, 0.29) is 17.2 Å². The monoisotopic (exact) mass is 442 g/mol. The summed E-state index contributed by atoms with van der Waals surface area (Å²) >= 11 is 1.61. The highest BCUT2D eigenvalue weighted by Gasteiger charge is 2.42. The fourth-order valence-electron chi connectivity index (χ4n) is 3.62. The van der Waals surface area contributed by atoms with Gasteiger partial charge in [0.15, 0.2) is 0 Å². The van der Waals surface area contributed by atoms with Gasteiger partial charge in [-0.15, -0.1) is 11.8 Å². The van der Waals surface area contributed by atoms with E-state index in [2.05, 4.69) is 12.2 Å². The third kappa shape index (κ3) is 5.53. The van der Waals surface area contributed by atoms with Gasteiger partial charge in [0.05, 0.1) is 14.2 Å². The molecule has 0 aliphatic carbocycles. The number of hydrogen-bond donors (Lipinski definition) is 1. The van der Waals surface area contributed by atoms with Gasteiger partial charge in [-0.2, -0.15) is 0 Å². The van der Waals surface area contributed by atoms with Crippen molar-refractivity contribution in [1.29, 1.82) is 0 Å². The van der Waals surface area contributed by atoms with E-state index in [4.69, 9.17) is 9.47 Å². The van der Waals surface area contributed by atoms with Crippen LogP contribution in [-0.2, 0) is 4.79 Å². The standard InChI is InChI=1S/C24H30N2O4S/c1-4-5-9-12-25-22(27)21-16-31-24(17-10-7-6-8-11-17)26(21)23(28)18-13-19(29-2)15-20(14-18)30-3/h6-8,10-11,13-15,21,24H,4-5,9,12,16H2,1-3H3,(H,25,27). The molecular formula is C24H30N2O4S. The highest BCUT2D eigenvalue weighted by Crippen LogP contribution is 2.42. The molecule has 3 rings (SSSR count). The Kier molecular flexibility index (Phi) is 8.23. The van der Waals surface area contributed by atoms with Crippen LogP contribution in [0.5, 0.6) is 11.5 Å². The number of rotatable bonds is 9. The number of carbonyl (C=O) groups excluding carboxylic acids is 2. The summed E-state index contributed by atoms with van der Waals surface area (Å²) in [6.45, 7) is 2.75. The molecular weight excluding hydrogens is 412 g/mol. The van der Waals surface area contributed by atoms with Crippen molar-refractivity contribution >= 4 is 23.6 Å². The predicted octanol–water partition coefficient (Wildman–Crippen LogP) is 4.27. The van der Waals surface area contributed by atoms with Gasteiger partial charge in [-0.3, -0.25) is 9.59 Å². The van der Waals surface area contributed by atoms with E-state index in [9.17, 15) is 9.59 Å². The normalized spacial score (nSPS) is 18.0. The summed E-state index contributed by atoms with van der Waals surface area (Å²) in [6, 6.07) is 14.4. The number of amides is 2. The second-order valence-electron chi connectivity index (χ2n) is 7.42. The average Bonchev–Trinajstić information content (AvgIpc) is 3.26. The number of nitrogens with zero attached hydrogens (tertiary/aromatic N) is 1. The molecule has 7 heteroatoms. The van der Waals surface area contributed by atoms with Gasteiger partial charge >= 0.3 is 0 Å². The van der Waals surface area contributed by atoms with Crippen LogP contribution < -0.4 is 14.8 Å². The van der Waals surface area contributed by atoms with Gasteiger partial charge in [0.25, 0.3) is 5.91 Å². The molecule has 2 aromatic carbocycles. The Morgan fingerprint density at radius 1 is 1.06 bits per heavy atom. The molecule has 1 heterocycles. The number of hydrogen-bond acceptors (Lipinski definition) is 5. The third-order valence-electron chi connectivity index (χ3n) is 5.30. The highest BCUT2D eigenvalue weighted by molar-refractivity contribution is 7.99. The fourth-order valence-corrected chi connectivity index (χ4v) is 5.04. The molecule has 2 unspecified atom stereocenters. The quantitative estimate of drug-likeness (QED) is 0.588. The molecule has 1 N–H and O–H groups in total. The maximum Gasteiger partial charge on any atom is 0.256 e. The van der Waals surface area contributed by atoms with Crippen LogP contribution in [0.2, 0.25) is 0 Å². The molecule has 0 aromatic heterocycles. The van der Waals surface area contributed by atoms with E-state index in [1.165, 1.54) is 0 Å². The van der Waals surface area contributed by atoms with Crippen LogP contribution in [0.15, 0.2) is 48.5 Å². The van der Waals surface area contributed by atoms with Gasteiger partial charge in [-0.1, -0.05) is 50.1 Å². The summed E-state index contributed by atoms with van der Waals surface area (Å²) in [5, 5.41) is 2.78. The summed E-state index contributed by atoms with van der Waals surface area (Å²) in [5.41, 5.74) is 1.43. The van der Waals surface area contributed by atoms with E-state index in [1.807, 2.05) is 30.3 Å². The number of carbonyl (C=O) groups is 2. The van der Waals surface area contributed by atoms with Crippen LogP contribution in [0.1, 0.15) is 47.5 Å². The molecule has 6 nitrogen and oxygen atoms in total. The highest BCUT2D eigenvalue weighted by atomic mass is 32.2. The van der Waals surface area contributed by atoms with Gasteiger partial charge in [-0.25, -0.2) is 0 Å². The minimum Gasteiger partial charge on any atom is -0.497 e. The van der Waals surface area contributed by atoms with Crippen molar-refractivity contribution in [2.24, 2.45) is 0 Å². The summed E-state index contributed by atoms with van der Waals surface area (Å²) < 4.78 is 10.7. The third-order valence-corrected chi connectivity index (χ3v) is 6.62. The first kappa shape index (κ1) is 23.0. The Hall–Kier alpha value is -2.67. The van der Waals surface area contributed by atoms with Crippen molar-refractivity contribution in [1.82, 2.24) is 10.2 Å². The van der Waals surface area contributed by atoms with E-state index < -0.39 is 6.04 Å². The zero-order valence-electron chi connectivity index (χ0n) is 18.3. The lowest BCUT2D eigenvalue weighted by atomic mass is 10.1. The van der Waals surface area contributed by atoms with Gasteiger partial charge in [0.2, 0.25) is 5.91 Å². The van der Waals surface area contributed by atoms with Gasteiger partial charge in [-0.05, 0) is 24.1 Å². The Labute approximate surface area is 188 Å². The Bertz CT molecular complexity index is 868. The smallest absolute Gasteiger partial charge is 0.256 e. The Morgan fingerprint density at radius 3 is 2.35 bits per heavy atom. The molecule has 2 amide bonds. The number of methoxy groups -OCH3 is 2. The largest absolute Gasteiger partial charge is 0.497 e. The average molecular weight is 443 g/mol. The first-order valence-electron chi connectivity index (χ1n) is 10.6. The zero-order valence-corrected chi connectivity index (χ0v) is 19.1. The summed E-state index contributed by atoms with van der Waals surface area (Å²) in [4.78, 5) is 28.4. The van der Waals surface area contributed by atoms with Gasteiger partial charge < -0.3 is 19.7 Å². The van der Waals surface area contributed by atoms with Crippen LogP contribution in [-0.4, -0.2) is 49.3 Å². The molecule has 0 bridgehead atoms. The number of ether oxygens (including phenoxy) is 2. The molecule has 1 saturated heterocycles. The van der Waals surface area contributed by atoms with Crippen LogP contribution in [0.4, 0.5) is 0 Å². The van der Waals surface area contributed by atoms with Crippen molar-refractivity contribution in [3.8, 4) is 11.5 Å². The molecule has 31 heavy (non-hydrogen) atoms. The molecule has 1 aliphatic rings. The second-order valence-corrected chi connectivity index (χ2v) is 8.54. The van der Waals surface area contributed by atoms with Crippen molar-refractivity contribution < 1.29 is 19.1 Å². The van der Waals surface area contributed by atoms with Crippen LogP contribution in [0.25, 0.3) is 0 Å². The molecule has 166 valence electrons. The van der Waals surface area contributed by atoms with Crippen molar-refractivity contribution in [3.05, 3.63) is 59.7 Å². The lowest BCUT2D eigenvalue weighted by molar-refractivity contribution is -0.124. The van der Waals surface area contributed by atoms with Crippen LogP contribution in [0, 0.1) is 0 Å². The minimum atomic E-state index is -0.540. The Balaban J connectivity index is 1.91. The minimum absolute atomic E-state index is 0.106. The lowest BCUT2D eigenvalue weighted by Gasteiger charge is -2.29. The van der Waals surface area contributed by atoms with E-state index in [0.29, 0.717) is 29.4 Å². The summed E-state index contributed by atoms with van der Waals surface area (Å²) in [6.07, 6.45) is 3.09. The van der Waals surface area contributed by atoms with Crippen LogP contribution in [0.3, 0.4) is 0 Å². The topological polar surface area (TPSA) is 67.9 Å². The first-order valence-corrected chi connectivity index (χ1v) is 11.6. The number of thioether (sulfide) groups is 1. The number of nitrogens with one attached hydrogen (secondary N) is 1. The van der Waals surface area contributed by atoms with Gasteiger partial charge in [0, 0.05) is 23.9 Å². The van der Waals surface area contributed by atoms with E-state index >= 15 is 0 Å². The van der Waals surface area contributed by atoms with Crippen LogP contribution >= 0.6 is 11.8 Å². The van der Waals surface area contributed by atoms with Crippen molar-refractivity contribution in [2.75, 3.05) is 26.5 Å². The predicted molar refractivity (Wildman–Crippen MR) is 124 cm³/mol.